The van der Waals surface area contributed by atoms with Gasteiger partial charge in [-0.2, -0.15) is 4.58 Å². The average Bonchev–Trinajstić information content (AvgIpc) is 3.22. The smallest absolute Gasteiger partial charge is 0.209 e. The molecule has 2 aliphatic rings. The Morgan fingerprint density at radius 2 is 1.32 bits per heavy atom. The standard InChI is InChI=1S/C37H49N2.HI/c1-9-11-18-28-22-24-32-30(26-28)36(3,4)34(38(32)7)20-16-14-13-15-17-21-35-37(5,6)31-27-29(19-12-10-2)23-25-33(31)39(35)8;/h13-17,20-27H,9-12,18-19H2,1-8H3;1H/q+1;/p-1. The number of rotatable bonds is 10. The molecule has 0 N–H and O–H groups in total. The van der Waals surface area contributed by atoms with Crippen molar-refractivity contribution < 1.29 is 28.6 Å². The average molecular weight is 649 g/mol. The monoisotopic (exact) mass is 648 g/mol. The van der Waals surface area contributed by atoms with E-state index in [2.05, 4.69) is 144 Å². The van der Waals surface area contributed by atoms with Crippen LogP contribution in [0.15, 0.2) is 84.6 Å². The Kier molecular flexibility index (Phi) is 10.8. The van der Waals surface area contributed by atoms with Gasteiger partial charge in [-0.3, -0.25) is 0 Å². The van der Waals surface area contributed by atoms with Crippen LogP contribution in [0.25, 0.3) is 0 Å². The van der Waals surface area contributed by atoms with Crippen molar-refractivity contribution in [1.29, 1.82) is 0 Å². The third-order valence-electron chi connectivity index (χ3n) is 8.79. The molecule has 2 nitrogen and oxygen atoms in total. The lowest BCUT2D eigenvalue weighted by molar-refractivity contribution is -0.401. The molecule has 2 heterocycles. The topological polar surface area (TPSA) is 6.25 Å². The molecular formula is C37H49IN2. The molecule has 2 aromatic carbocycles. The number of hydrogen-bond acceptors (Lipinski definition) is 1. The molecule has 4 rings (SSSR count). The highest BCUT2D eigenvalue weighted by Crippen LogP contribution is 2.47. The Hall–Kier alpha value is -2.40. The van der Waals surface area contributed by atoms with Crippen LogP contribution in [0, 0.1) is 0 Å². The highest BCUT2D eigenvalue weighted by molar-refractivity contribution is 6.03. The number of hydrogen-bond donors (Lipinski definition) is 0. The largest absolute Gasteiger partial charge is 1.00 e. The summed E-state index contributed by atoms with van der Waals surface area (Å²) in [6, 6.07) is 14.1. The van der Waals surface area contributed by atoms with Crippen molar-refractivity contribution in [3.05, 3.63) is 107 Å². The van der Waals surface area contributed by atoms with Gasteiger partial charge in [0.1, 0.15) is 7.05 Å². The first-order valence-electron chi connectivity index (χ1n) is 15.0. The third kappa shape index (κ3) is 6.40. The Bertz CT molecular complexity index is 1350. The molecule has 0 saturated heterocycles. The first-order chi connectivity index (χ1) is 18.6. The second kappa shape index (κ2) is 13.5. The minimum atomic E-state index is 0. The molecule has 2 aromatic rings. The van der Waals surface area contributed by atoms with Crippen molar-refractivity contribution in [2.24, 2.45) is 0 Å². The normalized spacial score (nSPS) is 18.4. The summed E-state index contributed by atoms with van der Waals surface area (Å²) in [5, 5.41) is 0. The van der Waals surface area contributed by atoms with E-state index in [0.29, 0.717) is 0 Å². The predicted octanol–water partition coefficient (Wildman–Crippen LogP) is 6.36. The van der Waals surface area contributed by atoms with E-state index in [1.807, 2.05) is 0 Å². The molecule has 3 heteroatoms. The molecule has 0 amide bonds. The van der Waals surface area contributed by atoms with Gasteiger partial charge in [0.05, 0.1) is 5.41 Å². The lowest BCUT2D eigenvalue weighted by Gasteiger charge is -2.23. The van der Waals surface area contributed by atoms with Crippen LogP contribution in [0.2, 0.25) is 0 Å². The molecule has 214 valence electrons. The fraction of sp³-hybridized carbons (Fsp3) is 0.432. The van der Waals surface area contributed by atoms with Gasteiger partial charge in [0.25, 0.3) is 0 Å². The number of fused-ring (bicyclic) bond motifs is 2. The number of nitrogens with zero attached hydrogens (tertiary/aromatic N) is 2. The summed E-state index contributed by atoms with van der Waals surface area (Å²) in [6.45, 7) is 13.9. The number of benzene rings is 2. The maximum atomic E-state index is 2.43. The number of anilines is 1. The maximum absolute atomic E-state index is 2.43. The van der Waals surface area contributed by atoms with E-state index in [1.54, 1.807) is 0 Å². The molecule has 0 radical (unpaired) electrons. The van der Waals surface area contributed by atoms with Gasteiger partial charge in [-0.25, -0.2) is 0 Å². The minimum Gasteiger partial charge on any atom is -1.00 e. The molecule has 0 saturated carbocycles. The van der Waals surface area contributed by atoms with E-state index >= 15 is 0 Å². The summed E-state index contributed by atoms with van der Waals surface area (Å²) in [5.41, 5.74) is 11.1. The van der Waals surface area contributed by atoms with E-state index < -0.39 is 0 Å². The molecule has 0 aromatic heterocycles. The molecule has 0 unspecified atom stereocenters. The Morgan fingerprint density at radius 3 is 1.98 bits per heavy atom. The van der Waals surface area contributed by atoms with Gasteiger partial charge in [-0.05, 0) is 74.4 Å². The third-order valence-corrected chi connectivity index (χ3v) is 8.79. The van der Waals surface area contributed by atoms with Crippen molar-refractivity contribution in [1.82, 2.24) is 0 Å². The summed E-state index contributed by atoms with van der Waals surface area (Å²) >= 11 is 0. The predicted molar refractivity (Wildman–Crippen MR) is 171 cm³/mol. The SMILES string of the molecule is CCCCc1ccc2c(c1)C(C)(C)C(=CC=CC=CC=CC1=[N+](C)c3ccc(CCCC)cc3C1(C)C)N2C.[I-]. The number of unbranched alkanes of at least 4 members (excludes halogenated alkanes) is 2. The van der Waals surface area contributed by atoms with Crippen LogP contribution in [0.4, 0.5) is 11.4 Å². The Morgan fingerprint density at radius 1 is 0.750 bits per heavy atom. The quantitative estimate of drug-likeness (QED) is 0.165. The molecule has 0 bridgehead atoms. The second-order valence-corrected chi connectivity index (χ2v) is 12.3. The Labute approximate surface area is 261 Å². The van der Waals surface area contributed by atoms with E-state index in [4.69, 9.17) is 0 Å². The van der Waals surface area contributed by atoms with Crippen LogP contribution in [-0.2, 0) is 23.7 Å². The highest BCUT2D eigenvalue weighted by Gasteiger charge is 2.43. The zero-order valence-electron chi connectivity index (χ0n) is 26.0. The number of allylic oxidation sites excluding steroid dienone is 8. The van der Waals surface area contributed by atoms with E-state index in [-0.39, 0.29) is 34.8 Å². The first kappa shape index (κ1) is 32.1. The number of halogens is 1. The van der Waals surface area contributed by atoms with Crippen LogP contribution < -0.4 is 28.9 Å². The zero-order chi connectivity index (χ0) is 28.2. The van der Waals surface area contributed by atoms with Gasteiger partial charge in [0.2, 0.25) is 5.69 Å². The van der Waals surface area contributed by atoms with Gasteiger partial charge >= 0.3 is 0 Å². The number of aryl methyl sites for hydroxylation is 2. The summed E-state index contributed by atoms with van der Waals surface area (Å²) in [7, 11) is 4.39. The van der Waals surface area contributed by atoms with Crippen LogP contribution in [-0.4, -0.2) is 24.4 Å². The summed E-state index contributed by atoms with van der Waals surface area (Å²) in [5.74, 6) is 0. The fourth-order valence-electron chi connectivity index (χ4n) is 6.33. The van der Waals surface area contributed by atoms with Crippen LogP contribution in [0.1, 0.15) is 89.5 Å². The molecule has 40 heavy (non-hydrogen) atoms. The molecule has 2 aliphatic heterocycles. The van der Waals surface area contributed by atoms with Gasteiger partial charge in [-0.1, -0.05) is 89.1 Å². The molecule has 0 spiro atoms. The molecular weight excluding hydrogens is 599 g/mol. The fourth-order valence-corrected chi connectivity index (χ4v) is 6.33. The van der Waals surface area contributed by atoms with E-state index in [1.165, 1.54) is 83.6 Å². The zero-order valence-corrected chi connectivity index (χ0v) is 28.2. The van der Waals surface area contributed by atoms with Gasteiger partial charge < -0.3 is 28.9 Å². The summed E-state index contributed by atoms with van der Waals surface area (Å²) < 4.78 is 2.35. The lowest BCUT2D eigenvalue weighted by Crippen LogP contribution is -3.00. The van der Waals surface area contributed by atoms with Crippen LogP contribution in [0.3, 0.4) is 0 Å². The van der Waals surface area contributed by atoms with Crippen molar-refractivity contribution in [3.63, 3.8) is 0 Å². The van der Waals surface area contributed by atoms with Crippen LogP contribution in [0.5, 0.6) is 0 Å². The van der Waals surface area contributed by atoms with Gasteiger partial charge in [0.15, 0.2) is 5.71 Å². The highest BCUT2D eigenvalue weighted by atomic mass is 127. The molecule has 0 atom stereocenters. The first-order valence-corrected chi connectivity index (χ1v) is 15.0. The van der Waals surface area contributed by atoms with E-state index in [0.717, 1.165) is 0 Å². The second-order valence-electron chi connectivity index (χ2n) is 12.3. The molecule has 0 aliphatic carbocycles. The molecule has 0 fully saturated rings. The van der Waals surface area contributed by atoms with E-state index in [9.17, 15) is 0 Å². The Balaban J connectivity index is 0.00000441. The lowest BCUT2D eigenvalue weighted by atomic mass is 9.80. The summed E-state index contributed by atoms with van der Waals surface area (Å²) in [6.07, 6.45) is 22.6. The van der Waals surface area contributed by atoms with Crippen LogP contribution >= 0.6 is 0 Å². The van der Waals surface area contributed by atoms with Crippen molar-refractivity contribution in [2.45, 2.75) is 90.9 Å². The minimum absolute atomic E-state index is 0. The van der Waals surface area contributed by atoms with Crippen molar-refractivity contribution >= 4 is 17.1 Å². The van der Waals surface area contributed by atoms with Crippen molar-refractivity contribution in [2.75, 3.05) is 19.0 Å². The summed E-state index contributed by atoms with van der Waals surface area (Å²) in [4.78, 5) is 2.35. The van der Waals surface area contributed by atoms with Gasteiger partial charge in [-0.15, -0.1) is 0 Å². The maximum Gasteiger partial charge on any atom is 0.209 e. The van der Waals surface area contributed by atoms with Gasteiger partial charge in [0, 0.05) is 41.6 Å². The van der Waals surface area contributed by atoms with Crippen molar-refractivity contribution in [3.8, 4) is 0 Å². The number of likely N-dealkylation sites (N-methyl/N-ethyl adjacent to an activating group) is 1.